The quantitative estimate of drug-likeness (QED) is 0.765. The fourth-order valence-electron chi connectivity index (χ4n) is 2.98. The highest BCUT2D eigenvalue weighted by atomic mass is 15.1. The van der Waals surface area contributed by atoms with E-state index in [1.54, 1.807) is 0 Å². The lowest BCUT2D eigenvalue weighted by molar-refractivity contribution is 0.225. The van der Waals surface area contributed by atoms with Crippen LogP contribution in [0.25, 0.3) is 0 Å². The number of nitrogens with zero attached hydrogens (tertiary/aromatic N) is 3. The van der Waals surface area contributed by atoms with Crippen LogP contribution in [0.5, 0.6) is 0 Å². The molecule has 1 N–H and O–H groups in total. The Morgan fingerprint density at radius 2 is 2.05 bits per heavy atom. The number of hydrogen-bond acceptors (Lipinski definition) is 3. The van der Waals surface area contributed by atoms with Gasteiger partial charge in [0.05, 0.1) is 12.0 Å². The summed E-state index contributed by atoms with van der Waals surface area (Å²) in [7, 11) is 0. The molecule has 1 saturated carbocycles. The molecule has 0 atom stereocenters. The molecule has 4 nitrogen and oxygen atoms in total. The maximum absolute atomic E-state index is 4.27. The Hall–Kier alpha value is -0.870. The van der Waals surface area contributed by atoms with Gasteiger partial charge in [0.1, 0.15) is 0 Å². The Kier molecular flexibility index (Phi) is 4.51. The first kappa shape index (κ1) is 13.1. The molecule has 1 aliphatic carbocycles. The minimum atomic E-state index is 0.743. The van der Waals surface area contributed by atoms with Crippen molar-refractivity contribution in [1.29, 1.82) is 0 Å². The van der Waals surface area contributed by atoms with Gasteiger partial charge in [0, 0.05) is 18.8 Å². The van der Waals surface area contributed by atoms with Gasteiger partial charge < -0.3 is 14.8 Å². The van der Waals surface area contributed by atoms with Crippen molar-refractivity contribution < 1.29 is 0 Å². The second-order valence-corrected chi connectivity index (χ2v) is 5.96. The Morgan fingerprint density at radius 1 is 1.21 bits per heavy atom. The lowest BCUT2D eigenvalue weighted by Gasteiger charge is -2.26. The van der Waals surface area contributed by atoms with Crippen molar-refractivity contribution >= 4 is 0 Å². The summed E-state index contributed by atoms with van der Waals surface area (Å²) in [5, 5.41) is 3.56. The predicted octanol–water partition coefficient (Wildman–Crippen LogP) is 2.18. The van der Waals surface area contributed by atoms with Crippen molar-refractivity contribution in [3.05, 3.63) is 18.2 Å². The highest BCUT2D eigenvalue weighted by Crippen LogP contribution is 2.35. The number of rotatable bonds is 7. The number of hydrogen-bond donors (Lipinski definition) is 1. The van der Waals surface area contributed by atoms with Crippen LogP contribution in [-0.4, -0.2) is 40.6 Å². The first-order chi connectivity index (χ1) is 9.43. The van der Waals surface area contributed by atoms with E-state index < -0.39 is 0 Å². The maximum Gasteiger partial charge on any atom is 0.0951 e. The summed E-state index contributed by atoms with van der Waals surface area (Å²) in [6.45, 7) is 5.97. The number of aromatic nitrogens is 2. The molecule has 0 unspecified atom stereocenters. The number of likely N-dealkylation sites (tertiary alicyclic amines) is 1. The molecule has 0 amide bonds. The molecule has 2 fully saturated rings. The standard InChI is InChI=1S/C15H26N4/c1-2-8-18(9-3-1)10-4-7-16-11-15-12-17-13-19(15)14-5-6-14/h12-14,16H,1-11H2. The van der Waals surface area contributed by atoms with Crippen molar-refractivity contribution in [3.63, 3.8) is 0 Å². The normalized spacial score (nSPS) is 20.8. The summed E-state index contributed by atoms with van der Waals surface area (Å²) in [6.07, 6.45) is 12.1. The van der Waals surface area contributed by atoms with Crippen LogP contribution in [0.4, 0.5) is 0 Å². The van der Waals surface area contributed by atoms with Gasteiger partial charge in [-0.15, -0.1) is 0 Å². The van der Waals surface area contributed by atoms with Crippen LogP contribution in [0.2, 0.25) is 0 Å². The van der Waals surface area contributed by atoms with E-state index in [0.29, 0.717) is 0 Å². The third kappa shape index (κ3) is 3.80. The summed E-state index contributed by atoms with van der Waals surface area (Å²) in [5.74, 6) is 0. The lowest BCUT2D eigenvalue weighted by Crippen LogP contribution is -2.32. The molecule has 0 radical (unpaired) electrons. The van der Waals surface area contributed by atoms with Crippen LogP contribution in [0, 0.1) is 0 Å². The van der Waals surface area contributed by atoms with E-state index in [2.05, 4.69) is 19.8 Å². The van der Waals surface area contributed by atoms with Gasteiger partial charge in [-0.3, -0.25) is 0 Å². The van der Waals surface area contributed by atoms with Gasteiger partial charge in [-0.2, -0.15) is 0 Å². The van der Waals surface area contributed by atoms with Crippen LogP contribution < -0.4 is 5.32 Å². The zero-order chi connectivity index (χ0) is 12.9. The second-order valence-electron chi connectivity index (χ2n) is 5.96. The van der Waals surface area contributed by atoms with Crippen molar-refractivity contribution in [1.82, 2.24) is 19.8 Å². The summed E-state index contributed by atoms with van der Waals surface area (Å²) in [4.78, 5) is 6.88. The van der Waals surface area contributed by atoms with Crippen LogP contribution in [-0.2, 0) is 6.54 Å². The van der Waals surface area contributed by atoms with Crippen LogP contribution in [0.15, 0.2) is 12.5 Å². The molecular weight excluding hydrogens is 236 g/mol. The van der Waals surface area contributed by atoms with Crippen LogP contribution in [0.3, 0.4) is 0 Å². The molecule has 0 spiro atoms. The van der Waals surface area contributed by atoms with Gasteiger partial charge in [0.25, 0.3) is 0 Å². The molecule has 1 aliphatic heterocycles. The number of piperidine rings is 1. The zero-order valence-corrected chi connectivity index (χ0v) is 11.9. The van der Waals surface area contributed by atoms with Gasteiger partial charge in [0.2, 0.25) is 0 Å². The fourth-order valence-corrected chi connectivity index (χ4v) is 2.98. The molecule has 19 heavy (non-hydrogen) atoms. The fraction of sp³-hybridized carbons (Fsp3) is 0.800. The summed E-state index contributed by atoms with van der Waals surface area (Å²) >= 11 is 0. The molecular formula is C15H26N4. The molecule has 2 aliphatic rings. The van der Waals surface area contributed by atoms with Crippen LogP contribution in [0.1, 0.15) is 50.3 Å². The highest BCUT2D eigenvalue weighted by Gasteiger charge is 2.24. The smallest absolute Gasteiger partial charge is 0.0951 e. The molecule has 1 saturated heterocycles. The van der Waals surface area contributed by atoms with Gasteiger partial charge in [0.15, 0.2) is 0 Å². The first-order valence-electron chi connectivity index (χ1n) is 7.87. The largest absolute Gasteiger partial charge is 0.330 e. The molecule has 2 heterocycles. The number of nitrogens with one attached hydrogen (secondary N) is 1. The molecule has 1 aromatic heterocycles. The SMILES string of the molecule is c1ncn(C2CC2)c1CNCCCN1CCCCC1. The monoisotopic (exact) mass is 262 g/mol. The Morgan fingerprint density at radius 3 is 2.84 bits per heavy atom. The summed E-state index contributed by atoms with van der Waals surface area (Å²) in [6, 6.07) is 0.743. The summed E-state index contributed by atoms with van der Waals surface area (Å²) in [5.41, 5.74) is 1.35. The van der Waals surface area contributed by atoms with E-state index in [0.717, 1.165) is 19.1 Å². The van der Waals surface area contributed by atoms with Crippen molar-refractivity contribution in [3.8, 4) is 0 Å². The van der Waals surface area contributed by atoms with E-state index in [1.165, 1.54) is 63.9 Å². The summed E-state index contributed by atoms with van der Waals surface area (Å²) < 4.78 is 2.34. The minimum absolute atomic E-state index is 0.743. The third-order valence-corrected chi connectivity index (χ3v) is 4.27. The average molecular weight is 262 g/mol. The topological polar surface area (TPSA) is 33.1 Å². The lowest BCUT2D eigenvalue weighted by atomic mass is 10.1. The zero-order valence-electron chi connectivity index (χ0n) is 11.9. The van der Waals surface area contributed by atoms with Gasteiger partial charge in [-0.25, -0.2) is 4.98 Å². The van der Waals surface area contributed by atoms with Gasteiger partial charge >= 0.3 is 0 Å². The molecule has 4 heteroatoms. The molecule has 106 valence electrons. The second kappa shape index (κ2) is 6.53. The molecule has 0 aromatic carbocycles. The Labute approximate surface area is 116 Å². The first-order valence-corrected chi connectivity index (χ1v) is 7.87. The van der Waals surface area contributed by atoms with Crippen LogP contribution >= 0.6 is 0 Å². The predicted molar refractivity (Wildman–Crippen MR) is 77.1 cm³/mol. The molecule has 3 rings (SSSR count). The van der Waals surface area contributed by atoms with Crippen molar-refractivity contribution in [2.24, 2.45) is 0 Å². The van der Waals surface area contributed by atoms with Gasteiger partial charge in [-0.05, 0) is 58.3 Å². The van der Waals surface area contributed by atoms with E-state index in [1.807, 2.05) is 12.5 Å². The average Bonchev–Trinajstić information content (AvgIpc) is 3.19. The molecule has 0 bridgehead atoms. The van der Waals surface area contributed by atoms with E-state index >= 15 is 0 Å². The highest BCUT2D eigenvalue weighted by molar-refractivity contribution is 5.03. The minimum Gasteiger partial charge on any atom is -0.330 e. The van der Waals surface area contributed by atoms with Gasteiger partial charge in [-0.1, -0.05) is 6.42 Å². The Bertz CT molecular complexity index is 377. The van der Waals surface area contributed by atoms with E-state index in [9.17, 15) is 0 Å². The maximum atomic E-state index is 4.27. The van der Waals surface area contributed by atoms with E-state index in [-0.39, 0.29) is 0 Å². The molecule has 1 aromatic rings. The van der Waals surface area contributed by atoms with Crippen molar-refractivity contribution in [2.45, 2.75) is 51.1 Å². The van der Waals surface area contributed by atoms with E-state index in [4.69, 9.17) is 0 Å². The Balaban J connectivity index is 1.31. The third-order valence-electron chi connectivity index (χ3n) is 4.27. The number of imidazole rings is 1. The van der Waals surface area contributed by atoms with Crippen molar-refractivity contribution in [2.75, 3.05) is 26.2 Å².